The quantitative estimate of drug-likeness (QED) is 0.227. The molecule has 2 saturated heterocycles. The fourth-order valence-corrected chi connectivity index (χ4v) is 6.84. The van der Waals surface area contributed by atoms with Gasteiger partial charge in [-0.15, -0.1) is 0 Å². The SMILES string of the molecule is COc1cc([C@@H]2C[C@@H]3C(=C(COc4ccccc4)C[C@@H]4C(=O)N(c5ccccc5)C(=O)[C@@H]43)B(O)O2)cc(I)c1O. The predicted octanol–water partition coefficient (Wildman–Crippen LogP) is 4.69. The number of fused-ring (bicyclic) bond motifs is 3. The average Bonchev–Trinajstić information content (AvgIpc) is 3.23. The van der Waals surface area contributed by atoms with Gasteiger partial charge in [0.15, 0.2) is 11.5 Å². The average molecular weight is 651 g/mol. The molecule has 2 fully saturated rings. The molecule has 0 bridgehead atoms. The van der Waals surface area contributed by atoms with Gasteiger partial charge < -0.3 is 24.3 Å². The van der Waals surface area contributed by atoms with Crippen LogP contribution in [0.15, 0.2) is 83.8 Å². The minimum atomic E-state index is -1.29. The number of phenols is 1. The van der Waals surface area contributed by atoms with E-state index in [-0.39, 0.29) is 24.2 Å². The van der Waals surface area contributed by atoms with Crippen molar-refractivity contribution in [1.29, 1.82) is 0 Å². The summed E-state index contributed by atoms with van der Waals surface area (Å²) in [5, 5.41) is 21.7. The van der Waals surface area contributed by atoms with E-state index in [1.54, 1.807) is 36.4 Å². The predicted molar refractivity (Wildman–Crippen MR) is 157 cm³/mol. The summed E-state index contributed by atoms with van der Waals surface area (Å²) in [6.07, 6.45) is 0.0805. The Morgan fingerprint density at radius 3 is 2.42 bits per heavy atom. The lowest BCUT2D eigenvalue weighted by molar-refractivity contribution is -0.123. The van der Waals surface area contributed by atoms with Crippen molar-refractivity contribution in [3.05, 3.63) is 93.0 Å². The maximum atomic E-state index is 13.9. The molecule has 3 aromatic rings. The van der Waals surface area contributed by atoms with Gasteiger partial charge >= 0.3 is 7.12 Å². The van der Waals surface area contributed by atoms with Gasteiger partial charge in [-0.3, -0.25) is 14.5 Å². The summed E-state index contributed by atoms with van der Waals surface area (Å²) in [6, 6.07) is 21.8. The molecule has 4 atom stereocenters. The van der Waals surface area contributed by atoms with Gasteiger partial charge in [0.25, 0.3) is 0 Å². The summed E-state index contributed by atoms with van der Waals surface area (Å²) in [5.74, 6) is -1.17. The second-order valence-corrected chi connectivity index (χ2v) is 11.4. The number of ether oxygens (including phenoxy) is 2. The minimum Gasteiger partial charge on any atom is -0.504 e. The number of allylic oxidation sites excluding steroid dienone is 1. The van der Waals surface area contributed by atoms with E-state index in [0.717, 1.165) is 5.57 Å². The number of phenolic OH excluding ortho intramolecular Hbond substituents is 1. The number of aromatic hydroxyl groups is 1. The molecule has 6 rings (SSSR count). The monoisotopic (exact) mass is 651 g/mol. The lowest BCUT2D eigenvalue weighted by Gasteiger charge is -2.42. The molecule has 2 aliphatic heterocycles. The number of hydrogen-bond acceptors (Lipinski definition) is 7. The fourth-order valence-electron chi connectivity index (χ4n) is 6.21. The molecule has 0 spiro atoms. The third-order valence-electron chi connectivity index (χ3n) is 8.02. The number of anilines is 1. The zero-order valence-electron chi connectivity index (χ0n) is 21.7. The van der Waals surface area contributed by atoms with Crippen molar-refractivity contribution in [2.24, 2.45) is 17.8 Å². The molecule has 3 aromatic carbocycles. The molecular weight excluding hydrogens is 624 g/mol. The first-order valence-electron chi connectivity index (χ1n) is 13.1. The second-order valence-electron chi connectivity index (χ2n) is 10.2. The third kappa shape index (κ3) is 4.67. The highest BCUT2D eigenvalue weighted by atomic mass is 127. The standard InChI is InChI=1S/C30H27BINO7/c1-38-25-14-17(13-23(32)28(25)34)24-15-21-26-22(29(35)33(30(26)36)19-8-4-2-5-9-19)12-18(27(21)31(37)40-24)16-39-20-10-6-3-7-11-20/h2-11,13-14,21-22,24,26,34,37H,12,15-16H2,1H3/t21-,22-,24-,26+/m0/s1. The number of imide groups is 1. The van der Waals surface area contributed by atoms with Crippen LogP contribution in [-0.2, 0) is 14.2 Å². The number of benzene rings is 3. The van der Waals surface area contributed by atoms with Crippen LogP contribution >= 0.6 is 22.6 Å². The molecule has 1 aliphatic carbocycles. The Hall–Kier alpha value is -3.35. The Morgan fingerprint density at radius 1 is 1.02 bits per heavy atom. The van der Waals surface area contributed by atoms with Crippen molar-refractivity contribution >= 4 is 47.2 Å². The molecule has 0 aromatic heterocycles. The van der Waals surface area contributed by atoms with Crippen molar-refractivity contribution in [2.75, 3.05) is 18.6 Å². The van der Waals surface area contributed by atoms with Crippen LogP contribution in [0.2, 0.25) is 0 Å². The van der Waals surface area contributed by atoms with Gasteiger partial charge in [0.1, 0.15) is 12.4 Å². The van der Waals surface area contributed by atoms with E-state index < -0.39 is 31.0 Å². The lowest BCUT2D eigenvalue weighted by Crippen LogP contribution is -2.45. The van der Waals surface area contributed by atoms with Crippen LogP contribution in [0.5, 0.6) is 17.2 Å². The summed E-state index contributed by atoms with van der Waals surface area (Å²) in [6.45, 7) is 0.169. The topological polar surface area (TPSA) is 106 Å². The number of rotatable bonds is 6. The van der Waals surface area contributed by atoms with Gasteiger partial charge in [-0.05, 0) is 94.4 Å². The molecule has 8 nitrogen and oxygen atoms in total. The molecule has 0 radical (unpaired) electrons. The first-order valence-corrected chi connectivity index (χ1v) is 14.2. The lowest BCUT2D eigenvalue weighted by atomic mass is 9.55. The summed E-state index contributed by atoms with van der Waals surface area (Å²) in [5.41, 5.74) is 2.63. The number of carbonyl (C=O) groups excluding carboxylic acids is 2. The molecule has 2 N–H and O–H groups in total. The highest BCUT2D eigenvalue weighted by Gasteiger charge is 2.58. The van der Waals surface area contributed by atoms with E-state index in [2.05, 4.69) is 0 Å². The van der Waals surface area contributed by atoms with Gasteiger partial charge in [0, 0.05) is 0 Å². The van der Waals surface area contributed by atoms with E-state index in [1.807, 2.05) is 59.0 Å². The molecule has 2 heterocycles. The number of amides is 2. The van der Waals surface area contributed by atoms with Gasteiger partial charge in [0.2, 0.25) is 11.8 Å². The summed E-state index contributed by atoms with van der Waals surface area (Å²) >= 11 is 2.02. The van der Waals surface area contributed by atoms with E-state index in [0.29, 0.717) is 44.6 Å². The largest absolute Gasteiger partial charge is 0.504 e. The number of halogens is 1. The summed E-state index contributed by atoms with van der Waals surface area (Å²) in [7, 11) is 0.183. The van der Waals surface area contributed by atoms with Crippen LogP contribution in [0.25, 0.3) is 0 Å². The highest BCUT2D eigenvalue weighted by Crippen LogP contribution is 2.52. The Labute approximate surface area is 245 Å². The Bertz CT molecular complexity index is 1480. The summed E-state index contributed by atoms with van der Waals surface area (Å²) in [4.78, 5) is 29.0. The van der Waals surface area contributed by atoms with Crippen LogP contribution in [0.3, 0.4) is 0 Å². The van der Waals surface area contributed by atoms with Crippen LogP contribution in [0.4, 0.5) is 5.69 Å². The van der Waals surface area contributed by atoms with Crippen molar-refractivity contribution in [2.45, 2.75) is 18.9 Å². The summed E-state index contributed by atoms with van der Waals surface area (Å²) < 4.78 is 18.1. The number of para-hydroxylation sites is 2. The van der Waals surface area contributed by atoms with Crippen LogP contribution in [-0.4, -0.2) is 42.8 Å². The molecule has 3 aliphatic rings. The molecular formula is C30H27BINO7. The number of hydrogen-bond donors (Lipinski definition) is 2. The van der Waals surface area contributed by atoms with Gasteiger partial charge in [-0.2, -0.15) is 0 Å². The minimum absolute atomic E-state index is 0.0249. The molecule has 2 amide bonds. The second kappa shape index (κ2) is 10.9. The molecule has 204 valence electrons. The third-order valence-corrected chi connectivity index (χ3v) is 8.85. The van der Waals surface area contributed by atoms with E-state index in [9.17, 15) is 19.7 Å². The molecule has 40 heavy (non-hydrogen) atoms. The number of methoxy groups -OCH3 is 1. The maximum Gasteiger partial charge on any atom is 0.487 e. The van der Waals surface area contributed by atoms with Crippen LogP contribution in [0.1, 0.15) is 24.5 Å². The Balaban J connectivity index is 1.39. The van der Waals surface area contributed by atoms with Crippen LogP contribution < -0.4 is 14.4 Å². The fraction of sp³-hybridized carbons (Fsp3) is 0.267. The van der Waals surface area contributed by atoms with Crippen LogP contribution in [0, 0.1) is 21.3 Å². The van der Waals surface area contributed by atoms with E-state index in [4.69, 9.17) is 14.1 Å². The molecule has 0 saturated carbocycles. The molecule has 10 heteroatoms. The molecule has 0 unspecified atom stereocenters. The number of nitrogens with zero attached hydrogens (tertiary/aromatic N) is 1. The zero-order chi connectivity index (χ0) is 28.0. The van der Waals surface area contributed by atoms with Gasteiger partial charge in [-0.1, -0.05) is 36.4 Å². The van der Waals surface area contributed by atoms with Gasteiger partial charge in [0.05, 0.1) is 34.3 Å². The Kier molecular flexibility index (Phi) is 7.32. The smallest absolute Gasteiger partial charge is 0.487 e. The van der Waals surface area contributed by atoms with Crippen molar-refractivity contribution in [3.63, 3.8) is 0 Å². The zero-order valence-corrected chi connectivity index (χ0v) is 23.9. The van der Waals surface area contributed by atoms with Crippen molar-refractivity contribution < 1.29 is 33.8 Å². The first-order chi connectivity index (χ1) is 19.4. The highest BCUT2D eigenvalue weighted by molar-refractivity contribution is 14.1. The van der Waals surface area contributed by atoms with Crippen molar-refractivity contribution in [3.8, 4) is 17.2 Å². The maximum absolute atomic E-state index is 13.9. The van der Waals surface area contributed by atoms with E-state index in [1.165, 1.54) is 12.0 Å². The van der Waals surface area contributed by atoms with Crippen molar-refractivity contribution in [1.82, 2.24) is 0 Å². The Morgan fingerprint density at radius 2 is 1.73 bits per heavy atom. The number of carbonyl (C=O) groups is 2. The van der Waals surface area contributed by atoms with Gasteiger partial charge in [-0.25, -0.2) is 0 Å². The van der Waals surface area contributed by atoms with E-state index >= 15 is 0 Å². The normalized spacial score (nSPS) is 24.2. The first kappa shape index (κ1) is 26.9.